The highest BCUT2D eigenvalue weighted by Gasteiger charge is 2.42. The summed E-state index contributed by atoms with van der Waals surface area (Å²) in [5.74, 6) is 1.08. The van der Waals surface area contributed by atoms with E-state index in [9.17, 15) is 8.42 Å². The summed E-state index contributed by atoms with van der Waals surface area (Å²) in [6.07, 6.45) is 6.24. The molecule has 3 heterocycles. The predicted octanol–water partition coefficient (Wildman–Crippen LogP) is 2.03. The molecule has 176 valence electrons. The molecule has 0 aliphatic carbocycles. The lowest BCUT2D eigenvalue weighted by atomic mass is 9.84. The highest BCUT2D eigenvalue weighted by atomic mass is 127. The van der Waals surface area contributed by atoms with Crippen LogP contribution < -0.4 is 5.32 Å². The van der Waals surface area contributed by atoms with Crippen LogP contribution in [0.2, 0.25) is 0 Å². The minimum Gasteiger partial charge on any atom is -0.357 e. The average Bonchev–Trinajstić information content (AvgIpc) is 2.70. The number of guanidine groups is 1. The van der Waals surface area contributed by atoms with Crippen LogP contribution in [0, 0.1) is 0 Å². The van der Waals surface area contributed by atoms with Gasteiger partial charge in [-0.15, -0.1) is 24.0 Å². The second-order valence-electron chi connectivity index (χ2n) is 9.75. The highest BCUT2D eigenvalue weighted by molar-refractivity contribution is 14.0. The van der Waals surface area contributed by atoms with E-state index in [1.54, 1.807) is 0 Å². The van der Waals surface area contributed by atoms with Gasteiger partial charge in [-0.05, 0) is 79.7 Å². The molecule has 0 unspecified atom stereocenters. The Balaban J connectivity index is 0.00000320. The van der Waals surface area contributed by atoms with Gasteiger partial charge in [0.2, 0.25) is 0 Å². The van der Waals surface area contributed by atoms with Gasteiger partial charge < -0.3 is 15.1 Å². The Morgan fingerprint density at radius 1 is 1.03 bits per heavy atom. The number of rotatable bonds is 4. The van der Waals surface area contributed by atoms with Crippen LogP contribution in [-0.2, 0) is 9.84 Å². The zero-order valence-corrected chi connectivity index (χ0v) is 22.5. The van der Waals surface area contributed by atoms with Gasteiger partial charge >= 0.3 is 0 Å². The molecule has 0 amide bonds. The molecule has 3 fully saturated rings. The van der Waals surface area contributed by atoms with Crippen LogP contribution in [0.15, 0.2) is 4.99 Å². The summed E-state index contributed by atoms with van der Waals surface area (Å²) >= 11 is 0. The quantitative estimate of drug-likeness (QED) is 0.326. The van der Waals surface area contributed by atoms with Crippen LogP contribution in [0.1, 0.15) is 52.9 Å². The second-order valence-corrected chi connectivity index (χ2v) is 12.5. The molecule has 0 atom stereocenters. The van der Waals surface area contributed by atoms with Gasteiger partial charge in [0.25, 0.3) is 0 Å². The highest BCUT2D eigenvalue weighted by Crippen LogP contribution is 2.32. The molecule has 0 saturated carbocycles. The number of sulfone groups is 1. The Labute approximate surface area is 201 Å². The van der Waals surface area contributed by atoms with E-state index >= 15 is 0 Å². The molecule has 0 aromatic rings. The van der Waals surface area contributed by atoms with Crippen LogP contribution in [-0.4, -0.2) is 105 Å². The Morgan fingerprint density at radius 2 is 1.67 bits per heavy atom. The maximum absolute atomic E-state index is 12.4. The number of aliphatic imine (C=N–C) groups is 1. The normalized spacial score (nSPS) is 27.3. The molecule has 9 heteroatoms. The fourth-order valence-electron chi connectivity index (χ4n) is 4.95. The van der Waals surface area contributed by atoms with Crippen molar-refractivity contribution in [2.75, 3.05) is 65.2 Å². The van der Waals surface area contributed by atoms with E-state index in [0.717, 1.165) is 45.0 Å². The molecular weight excluding hydrogens is 513 g/mol. The Morgan fingerprint density at radius 3 is 2.23 bits per heavy atom. The van der Waals surface area contributed by atoms with E-state index in [0.29, 0.717) is 13.1 Å². The summed E-state index contributed by atoms with van der Waals surface area (Å²) in [5, 5.41) is 3.44. The van der Waals surface area contributed by atoms with Gasteiger partial charge in [0.15, 0.2) is 15.8 Å². The van der Waals surface area contributed by atoms with Crippen LogP contribution >= 0.6 is 24.0 Å². The number of nitrogens with zero attached hydrogens (tertiary/aromatic N) is 4. The van der Waals surface area contributed by atoms with Crippen molar-refractivity contribution in [2.45, 2.75) is 63.2 Å². The van der Waals surface area contributed by atoms with E-state index in [1.165, 1.54) is 32.4 Å². The van der Waals surface area contributed by atoms with E-state index in [4.69, 9.17) is 4.99 Å². The molecule has 3 aliphatic heterocycles. The molecule has 3 saturated heterocycles. The smallest absolute Gasteiger partial charge is 0.194 e. The van der Waals surface area contributed by atoms with Gasteiger partial charge in [0.05, 0.1) is 17.0 Å². The zero-order valence-electron chi connectivity index (χ0n) is 19.3. The van der Waals surface area contributed by atoms with Crippen molar-refractivity contribution >= 4 is 39.8 Å². The third-order valence-electron chi connectivity index (χ3n) is 7.15. The summed E-state index contributed by atoms with van der Waals surface area (Å²) in [5.41, 5.74) is 0.144. The number of likely N-dealkylation sites (tertiary alicyclic amines) is 2. The summed E-state index contributed by atoms with van der Waals surface area (Å²) in [7, 11) is -0.839. The van der Waals surface area contributed by atoms with E-state index in [-0.39, 0.29) is 35.3 Å². The minimum absolute atomic E-state index is 0. The summed E-state index contributed by atoms with van der Waals surface area (Å²) < 4.78 is 24.1. The first-order valence-electron chi connectivity index (χ1n) is 11.4. The Hall–Kier alpha value is -0.130. The molecule has 0 aromatic carbocycles. The number of hydrogen-bond acceptors (Lipinski definition) is 5. The third-order valence-corrected chi connectivity index (χ3v) is 9.68. The first-order valence-corrected chi connectivity index (χ1v) is 13.0. The van der Waals surface area contributed by atoms with Gasteiger partial charge in [0.1, 0.15) is 0 Å². The Bertz CT molecular complexity index is 684. The number of halogens is 1. The topological polar surface area (TPSA) is 68.2 Å². The summed E-state index contributed by atoms with van der Waals surface area (Å²) in [6, 6.07) is 0. The minimum atomic E-state index is -3.05. The van der Waals surface area contributed by atoms with Crippen molar-refractivity contribution < 1.29 is 8.42 Å². The first kappa shape index (κ1) is 26.1. The summed E-state index contributed by atoms with van der Waals surface area (Å²) in [6.45, 7) is 13.0. The van der Waals surface area contributed by atoms with Crippen LogP contribution in [0.5, 0.6) is 0 Å². The molecule has 0 aromatic heterocycles. The summed E-state index contributed by atoms with van der Waals surface area (Å²) in [4.78, 5) is 12.4. The van der Waals surface area contributed by atoms with E-state index in [1.807, 2.05) is 13.8 Å². The van der Waals surface area contributed by atoms with Gasteiger partial charge in [-0.3, -0.25) is 9.89 Å². The van der Waals surface area contributed by atoms with Gasteiger partial charge in [-0.1, -0.05) is 6.42 Å². The number of hydrogen-bond donors (Lipinski definition) is 1. The molecule has 1 N–H and O–H groups in total. The van der Waals surface area contributed by atoms with E-state index in [2.05, 4.69) is 34.0 Å². The van der Waals surface area contributed by atoms with Crippen molar-refractivity contribution in [2.24, 2.45) is 4.99 Å². The van der Waals surface area contributed by atoms with E-state index < -0.39 is 14.6 Å². The molecule has 3 aliphatic rings. The molecular formula is C21H42IN5O2S. The lowest BCUT2D eigenvalue weighted by Crippen LogP contribution is -2.59. The molecule has 0 spiro atoms. The maximum atomic E-state index is 12.4. The SMILES string of the molecule is CCNC(=NCC1(N2CCCCC2)CCN(C)CC1)N1CCS(=O)(=O)C(C)(C)C1.I. The van der Waals surface area contributed by atoms with Crippen LogP contribution in [0.25, 0.3) is 0 Å². The molecule has 0 radical (unpaired) electrons. The van der Waals surface area contributed by atoms with Gasteiger partial charge in [-0.2, -0.15) is 0 Å². The molecule has 7 nitrogen and oxygen atoms in total. The fraction of sp³-hybridized carbons (Fsp3) is 0.952. The largest absolute Gasteiger partial charge is 0.357 e. The monoisotopic (exact) mass is 555 g/mol. The lowest BCUT2D eigenvalue weighted by molar-refractivity contribution is 0.0206. The van der Waals surface area contributed by atoms with Crippen LogP contribution in [0.3, 0.4) is 0 Å². The van der Waals surface area contributed by atoms with Gasteiger partial charge in [-0.25, -0.2) is 8.42 Å². The average molecular weight is 556 g/mol. The Kier molecular flexibility index (Phi) is 9.28. The van der Waals surface area contributed by atoms with Crippen molar-refractivity contribution in [3.05, 3.63) is 0 Å². The number of nitrogens with one attached hydrogen (secondary N) is 1. The maximum Gasteiger partial charge on any atom is 0.194 e. The molecule has 30 heavy (non-hydrogen) atoms. The van der Waals surface area contributed by atoms with Crippen molar-refractivity contribution in [1.29, 1.82) is 0 Å². The number of piperidine rings is 2. The molecule has 0 bridgehead atoms. The fourth-order valence-corrected chi connectivity index (χ4v) is 6.32. The second kappa shape index (κ2) is 10.7. The standard InChI is InChI=1S/C21H41N5O2S.HI/c1-5-22-19(25-15-16-29(27,28)20(2,3)18-25)23-17-21(9-13-24(4)14-10-21)26-11-7-6-8-12-26;/h5-18H2,1-4H3,(H,22,23);1H. The van der Waals surface area contributed by atoms with Gasteiger partial charge in [0, 0.05) is 25.2 Å². The predicted molar refractivity (Wildman–Crippen MR) is 136 cm³/mol. The molecule has 3 rings (SSSR count). The van der Waals surface area contributed by atoms with Crippen molar-refractivity contribution in [3.63, 3.8) is 0 Å². The van der Waals surface area contributed by atoms with Crippen molar-refractivity contribution in [3.8, 4) is 0 Å². The van der Waals surface area contributed by atoms with Crippen LogP contribution in [0.4, 0.5) is 0 Å². The first-order chi connectivity index (χ1) is 13.7. The van der Waals surface area contributed by atoms with Crippen molar-refractivity contribution in [1.82, 2.24) is 20.0 Å². The lowest BCUT2D eigenvalue weighted by Gasteiger charge is -2.49. The zero-order chi connectivity index (χ0) is 21.1. The third kappa shape index (κ3) is 5.81.